The molecule has 0 radical (unpaired) electrons. The Kier molecular flexibility index (Phi) is 9.02. The Bertz CT molecular complexity index is 483. The number of likely N-dealkylation sites (tertiary alicyclic amines) is 1. The predicted octanol–water partition coefficient (Wildman–Crippen LogP) is 2.69. The van der Waals surface area contributed by atoms with E-state index in [1.165, 1.54) is 24.1 Å². The van der Waals surface area contributed by atoms with Crippen LogP contribution in [0.1, 0.15) is 37.0 Å². The molecule has 6 heteroatoms. The van der Waals surface area contributed by atoms with Crippen LogP contribution in [0.2, 0.25) is 0 Å². The van der Waals surface area contributed by atoms with Crippen molar-refractivity contribution in [2.24, 2.45) is 0 Å². The van der Waals surface area contributed by atoms with Gasteiger partial charge in [0.1, 0.15) is 13.0 Å². The van der Waals surface area contributed by atoms with Gasteiger partial charge in [-0.05, 0) is 50.2 Å². The van der Waals surface area contributed by atoms with Gasteiger partial charge < -0.3 is 14.4 Å². The summed E-state index contributed by atoms with van der Waals surface area (Å²) >= 11 is 1.70. The van der Waals surface area contributed by atoms with Crippen LogP contribution in [-0.4, -0.2) is 56.1 Å². The molecule has 0 saturated carbocycles. The van der Waals surface area contributed by atoms with Gasteiger partial charge in [0, 0.05) is 11.4 Å². The van der Waals surface area contributed by atoms with Crippen LogP contribution in [0.4, 0.5) is 0 Å². The Morgan fingerprint density at radius 3 is 2.75 bits per heavy atom. The van der Waals surface area contributed by atoms with Gasteiger partial charge in [0.2, 0.25) is 0 Å². The maximum absolute atomic E-state index is 11.7. The van der Waals surface area contributed by atoms with Gasteiger partial charge in [-0.2, -0.15) is 0 Å². The molecule has 0 bridgehead atoms. The van der Waals surface area contributed by atoms with Crippen LogP contribution in [0, 0.1) is 0 Å². The van der Waals surface area contributed by atoms with Crippen LogP contribution >= 0.6 is 11.3 Å². The number of aryl methyl sites for hydroxylation is 1. The van der Waals surface area contributed by atoms with E-state index in [-0.39, 0.29) is 18.8 Å². The lowest BCUT2D eigenvalue weighted by atomic mass is 10.1. The average Bonchev–Trinajstić information content (AvgIpc) is 3.10. The fourth-order valence-electron chi connectivity index (χ4n) is 2.71. The Balaban J connectivity index is 1.44. The third-order valence-electron chi connectivity index (χ3n) is 4.02. The number of ether oxygens (including phenoxy) is 2. The number of rotatable bonds is 11. The maximum Gasteiger partial charge on any atom is 0.313 e. The molecule has 1 saturated heterocycles. The van der Waals surface area contributed by atoms with Crippen LogP contribution in [0.15, 0.2) is 17.5 Å². The van der Waals surface area contributed by atoms with Crippen molar-refractivity contribution in [3.63, 3.8) is 0 Å². The first-order chi connectivity index (χ1) is 11.7. The van der Waals surface area contributed by atoms with Crippen LogP contribution in [0.25, 0.3) is 0 Å². The number of esters is 1. The number of Topliss-reactive ketones (excluding diaryl/α,β-unsaturated/α-hetero) is 1. The molecule has 1 aromatic rings. The highest BCUT2D eigenvalue weighted by molar-refractivity contribution is 7.09. The molecule has 2 rings (SSSR count). The molecule has 0 atom stereocenters. The molecule has 0 amide bonds. The summed E-state index contributed by atoms with van der Waals surface area (Å²) in [5, 5.41) is 2.03. The standard InChI is InChI=1S/C18H27NO4S/c20-16(15-22-12-10-19-8-2-1-3-9-19)14-18(21)23-11-4-6-17-7-5-13-24-17/h5,7,13H,1-4,6,8-12,14-15H2. The van der Waals surface area contributed by atoms with Crippen molar-refractivity contribution in [2.45, 2.75) is 38.5 Å². The molecular weight excluding hydrogens is 326 g/mol. The van der Waals surface area contributed by atoms with E-state index in [1.54, 1.807) is 11.3 Å². The molecule has 1 aliphatic heterocycles. The highest BCUT2D eigenvalue weighted by atomic mass is 32.1. The first kappa shape index (κ1) is 19.1. The summed E-state index contributed by atoms with van der Waals surface area (Å²) in [6, 6.07) is 4.08. The van der Waals surface area contributed by atoms with E-state index >= 15 is 0 Å². The second kappa shape index (κ2) is 11.3. The van der Waals surface area contributed by atoms with Crippen molar-refractivity contribution in [2.75, 3.05) is 39.5 Å². The number of thiophene rings is 1. The van der Waals surface area contributed by atoms with Gasteiger partial charge in [-0.3, -0.25) is 9.59 Å². The van der Waals surface area contributed by atoms with Gasteiger partial charge in [-0.15, -0.1) is 11.3 Å². The van der Waals surface area contributed by atoms with Gasteiger partial charge in [0.05, 0.1) is 13.2 Å². The Morgan fingerprint density at radius 1 is 1.17 bits per heavy atom. The van der Waals surface area contributed by atoms with Crippen molar-refractivity contribution in [1.82, 2.24) is 4.90 Å². The van der Waals surface area contributed by atoms with Crippen LogP contribution < -0.4 is 0 Å². The Morgan fingerprint density at radius 2 is 2.00 bits per heavy atom. The van der Waals surface area contributed by atoms with Crippen molar-refractivity contribution >= 4 is 23.1 Å². The third kappa shape index (κ3) is 8.04. The van der Waals surface area contributed by atoms with E-state index in [2.05, 4.69) is 11.0 Å². The average molecular weight is 353 g/mol. The van der Waals surface area contributed by atoms with E-state index in [0.717, 1.165) is 32.5 Å². The van der Waals surface area contributed by atoms with Gasteiger partial charge in [0.25, 0.3) is 0 Å². The fraction of sp³-hybridized carbons (Fsp3) is 0.667. The largest absolute Gasteiger partial charge is 0.465 e. The van der Waals surface area contributed by atoms with Crippen molar-refractivity contribution < 1.29 is 19.1 Å². The summed E-state index contributed by atoms with van der Waals surface area (Å²) in [7, 11) is 0. The molecule has 0 aromatic carbocycles. The summed E-state index contributed by atoms with van der Waals surface area (Å²) in [6.45, 7) is 4.00. The third-order valence-corrected chi connectivity index (χ3v) is 4.95. The molecular formula is C18H27NO4S. The number of piperidine rings is 1. The van der Waals surface area contributed by atoms with Crippen molar-refractivity contribution in [1.29, 1.82) is 0 Å². The molecule has 24 heavy (non-hydrogen) atoms. The van der Waals surface area contributed by atoms with Gasteiger partial charge >= 0.3 is 5.97 Å². The van der Waals surface area contributed by atoms with Gasteiger partial charge in [-0.25, -0.2) is 0 Å². The minimum Gasteiger partial charge on any atom is -0.465 e. The Hall–Kier alpha value is -1.24. The summed E-state index contributed by atoms with van der Waals surface area (Å²) in [4.78, 5) is 26.9. The molecule has 5 nitrogen and oxygen atoms in total. The van der Waals surface area contributed by atoms with Crippen LogP contribution in [0.3, 0.4) is 0 Å². The topological polar surface area (TPSA) is 55.8 Å². The summed E-state index contributed by atoms with van der Waals surface area (Å²) < 4.78 is 10.5. The van der Waals surface area contributed by atoms with Crippen LogP contribution in [-0.2, 0) is 25.5 Å². The van der Waals surface area contributed by atoms with Gasteiger partial charge in [0.15, 0.2) is 5.78 Å². The lowest BCUT2D eigenvalue weighted by Gasteiger charge is -2.25. The van der Waals surface area contributed by atoms with Gasteiger partial charge in [-0.1, -0.05) is 12.5 Å². The molecule has 1 aromatic heterocycles. The van der Waals surface area contributed by atoms with Crippen molar-refractivity contribution in [3.05, 3.63) is 22.4 Å². The SMILES string of the molecule is O=C(COCCN1CCCCC1)CC(=O)OCCCc1cccs1. The zero-order chi connectivity index (χ0) is 17.0. The Labute approximate surface area is 147 Å². The quantitative estimate of drug-likeness (QED) is 0.348. The number of hydrogen-bond donors (Lipinski definition) is 0. The molecule has 0 spiro atoms. The molecule has 2 heterocycles. The van der Waals surface area contributed by atoms with Crippen LogP contribution in [0.5, 0.6) is 0 Å². The molecule has 1 fully saturated rings. The second-order valence-corrected chi connectivity index (χ2v) is 7.11. The molecule has 0 unspecified atom stereocenters. The predicted molar refractivity (Wildman–Crippen MR) is 94.3 cm³/mol. The first-order valence-corrected chi connectivity index (χ1v) is 9.62. The lowest BCUT2D eigenvalue weighted by Crippen LogP contribution is -2.33. The fourth-order valence-corrected chi connectivity index (χ4v) is 3.46. The number of hydrogen-bond acceptors (Lipinski definition) is 6. The number of carbonyl (C=O) groups excluding carboxylic acids is 2. The summed E-state index contributed by atoms with van der Waals surface area (Å²) in [5.74, 6) is -0.664. The van der Waals surface area contributed by atoms with E-state index in [4.69, 9.17) is 9.47 Å². The minimum atomic E-state index is -0.453. The zero-order valence-corrected chi connectivity index (χ0v) is 15.0. The van der Waals surface area contributed by atoms with E-state index in [9.17, 15) is 9.59 Å². The number of ketones is 1. The molecule has 1 aliphatic rings. The highest BCUT2D eigenvalue weighted by Crippen LogP contribution is 2.11. The monoisotopic (exact) mass is 353 g/mol. The minimum absolute atomic E-state index is 0.00185. The smallest absolute Gasteiger partial charge is 0.313 e. The summed E-state index contributed by atoms with van der Waals surface area (Å²) in [5.41, 5.74) is 0. The molecule has 134 valence electrons. The lowest BCUT2D eigenvalue weighted by molar-refractivity contribution is -0.147. The molecule has 0 N–H and O–H groups in total. The normalized spacial score (nSPS) is 15.3. The maximum atomic E-state index is 11.7. The first-order valence-electron chi connectivity index (χ1n) is 8.74. The van der Waals surface area contributed by atoms with E-state index in [0.29, 0.717) is 13.2 Å². The summed E-state index contributed by atoms with van der Waals surface area (Å²) in [6.07, 6.45) is 5.30. The van der Waals surface area contributed by atoms with E-state index < -0.39 is 5.97 Å². The van der Waals surface area contributed by atoms with Crippen molar-refractivity contribution in [3.8, 4) is 0 Å². The zero-order valence-electron chi connectivity index (χ0n) is 14.2. The highest BCUT2D eigenvalue weighted by Gasteiger charge is 2.12. The number of nitrogens with zero attached hydrogens (tertiary/aromatic N) is 1. The number of carbonyl (C=O) groups is 2. The second-order valence-electron chi connectivity index (χ2n) is 6.07. The molecule has 0 aliphatic carbocycles. The van der Waals surface area contributed by atoms with E-state index in [1.807, 2.05) is 11.4 Å².